The number of benzene rings is 3. The van der Waals surface area contributed by atoms with Gasteiger partial charge >= 0.3 is 6.09 Å². The fourth-order valence-electron chi connectivity index (χ4n) is 4.25. The van der Waals surface area contributed by atoms with Crippen molar-refractivity contribution in [2.24, 2.45) is 0 Å². The minimum absolute atomic E-state index is 0.110. The summed E-state index contributed by atoms with van der Waals surface area (Å²) in [7, 11) is 0. The average Bonchev–Trinajstić information content (AvgIpc) is 2.93. The summed E-state index contributed by atoms with van der Waals surface area (Å²) in [6, 6.07) is 24.6. The molecule has 0 aliphatic carbocycles. The lowest BCUT2D eigenvalue weighted by Gasteiger charge is -2.38. The van der Waals surface area contributed by atoms with Gasteiger partial charge in [0.25, 0.3) is 5.91 Å². The minimum Gasteiger partial charge on any atom is -0.457 e. The standard InChI is InChI=1S/C28H29N3O6/c32-26(30-35)18-23-17-22(15-16-31(23)28(34)36-19-20-7-3-1-4-8-20)29-27(33)21-11-13-25(14-12-21)37-24-9-5-2-6-10-24/h1-14,22-23,35H,15-19H2,(H,29,33)(H,30,32). The quantitative estimate of drug-likeness (QED) is 0.312. The molecular formula is C28H29N3O6. The molecule has 3 amide bonds. The van der Waals surface area contributed by atoms with Crippen LogP contribution in [-0.4, -0.2) is 46.6 Å². The maximum absolute atomic E-state index is 12.9. The number of likely N-dealkylation sites (tertiary alicyclic amines) is 1. The number of hydrogen-bond acceptors (Lipinski definition) is 6. The molecule has 3 N–H and O–H groups in total. The molecule has 0 saturated carbocycles. The Labute approximate surface area is 215 Å². The van der Waals surface area contributed by atoms with Gasteiger partial charge in [-0.1, -0.05) is 48.5 Å². The summed E-state index contributed by atoms with van der Waals surface area (Å²) in [4.78, 5) is 39.0. The molecule has 192 valence electrons. The molecule has 9 heteroatoms. The van der Waals surface area contributed by atoms with Crippen molar-refractivity contribution in [2.75, 3.05) is 6.54 Å². The van der Waals surface area contributed by atoms with Gasteiger partial charge in [0.2, 0.25) is 5.91 Å². The predicted molar refractivity (Wildman–Crippen MR) is 135 cm³/mol. The summed E-state index contributed by atoms with van der Waals surface area (Å²) < 4.78 is 11.2. The molecule has 1 heterocycles. The van der Waals surface area contributed by atoms with Crippen molar-refractivity contribution in [3.05, 3.63) is 96.1 Å². The van der Waals surface area contributed by atoms with Gasteiger partial charge in [-0.05, 0) is 54.8 Å². The van der Waals surface area contributed by atoms with Crippen LogP contribution >= 0.6 is 0 Å². The molecule has 0 radical (unpaired) electrons. The first kappa shape index (κ1) is 25.7. The Kier molecular flexibility index (Phi) is 8.72. The molecule has 1 saturated heterocycles. The molecule has 0 bridgehead atoms. The fourth-order valence-corrected chi connectivity index (χ4v) is 4.25. The van der Waals surface area contributed by atoms with Crippen LogP contribution in [0.15, 0.2) is 84.9 Å². The molecule has 9 nitrogen and oxygen atoms in total. The average molecular weight is 504 g/mol. The normalized spacial score (nSPS) is 16.9. The summed E-state index contributed by atoms with van der Waals surface area (Å²) in [5.74, 6) is 0.431. The Hall–Kier alpha value is -4.37. The Morgan fingerprint density at radius 2 is 1.54 bits per heavy atom. The van der Waals surface area contributed by atoms with E-state index in [-0.39, 0.29) is 25.0 Å². The second-order valence-electron chi connectivity index (χ2n) is 8.76. The molecule has 0 spiro atoms. The summed E-state index contributed by atoms with van der Waals surface area (Å²) >= 11 is 0. The Balaban J connectivity index is 1.34. The van der Waals surface area contributed by atoms with Crippen LogP contribution in [0.1, 0.15) is 35.2 Å². The third kappa shape index (κ3) is 7.31. The zero-order valence-corrected chi connectivity index (χ0v) is 20.2. The van der Waals surface area contributed by atoms with Crippen molar-refractivity contribution >= 4 is 17.9 Å². The van der Waals surface area contributed by atoms with E-state index in [0.717, 1.165) is 5.56 Å². The summed E-state index contributed by atoms with van der Waals surface area (Å²) in [5, 5.41) is 12.0. The van der Waals surface area contributed by atoms with Gasteiger partial charge in [0.15, 0.2) is 0 Å². The van der Waals surface area contributed by atoms with Crippen LogP contribution in [0.25, 0.3) is 0 Å². The fraction of sp³-hybridized carbons (Fsp3) is 0.250. The molecule has 1 aliphatic rings. The highest BCUT2D eigenvalue weighted by Gasteiger charge is 2.34. The summed E-state index contributed by atoms with van der Waals surface area (Å²) in [6.45, 7) is 0.408. The zero-order chi connectivity index (χ0) is 26.0. The number of nitrogens with one attached hydrogen (secondary N) is 2. The third-order valence-corrected chi connectivity index (χ3v) is 6.13. The van der Waals surface area contributed by atoms with Crippen molar-refractivity contribution < 1.29 is 29.1 Å². The van der Waals surface area contributed by atoms with Gasteiger partial charge < -0.3 is 19.7 Å². The van der Waals surface area contributed by atoms with E-state index in [2.05, 4.69) is 5.32 Å². The van der Waals surface area contributed by atoms with Crippen LogP contribution < -0.4 is 15.5 Å². The van der Waals surface area contributed by atoms with Crippen LogP contribution in [0.2, 0.25) is 0 Å². The highest BCUT2D eigenvalue weighted by atomic mass is 16.6. The molecule has 3 aromatic rings. The number of rotatable bonds is 8. The minimum atomic E-state index is -0.619. The number of carbonyl (C=O) groups excluding carboxylic acids is 3. The Morgan fingerprint density at radius 1 is 0.892 bits per heavy atom. The van der Waals surface area contributed by atoms with Crippen LogP contribution in [0.3, 0.4) is 0 Å². The largest absolute Gasteiger partial charge is 0.457 e. The molecule has 1 fully saturated rings. The maximum atomic E-state index is 12.9. The first-order valence-electron chi connectivity index (χ1n) is 12.1. The monoisotopic (exact) mass is 503 g/mol. The van der Waals surface area contributed by atoms with Crippen molar-refractivity contribution in [1.82, 2.24) is 15.7 Å². The number of nitrogens with zero attached hydrogens (tertiary/aromatic N) is 1. The molecule has 37 heavy (non-hydrogen) atoms. The zero-order valence-electron chi connectivity index (χ0n) is 20.2. The highest BCUT2D eigenvalue weighted by Crippen LogP contribution is 2.24. The van der Waals surface area contributed by atoms with Crippen LogP contribution in [0.5, 0.6) is 11.5 Å². The van der Waals surface area contributed by atoms with E-state index in [9.17, 15) is 14.4 Å². The van der Waals surface area contributed by atoms with Gasteiger partial charge in [-0.3, -0.25) is 14.8 Å². The van der Waals surface area contributed by atoms with E-state index < -0.39 is 18.0 Å². The SMILES string of the molecule is O=C(CC1CC(NC(=O)c2ccc(Oc3ccccc3)cc2)CCN1C(=O)OCc1ccccc1)NO. The Bertz CT molecular complexity index is 1190. The van der Waals surface area contributed by atoms with E-state index >= 15 is 0 Å². The van der Waals surface area contributed by atoms with Crippen molar-refractivity contribution in [3.63, 3.8) is 0 Å². The van der Waals surface area contributed by atoms with Gasteiger partial charge in [-0.2, -0.15) is 0 Å². The number of ether oxygens (including phenoxy) is 2. The second-order valence-corrected chi connectivity index (χ2v) is 8.76. The highest BCUT2D eigenvalue weighted by molar-refractivity contribution is 5.94. The van der Waals surface area contributed by atoms with Gasteiger partial charge in [0.1, 0.15) is 18.1 Å². The van der Waals surface area contributed by atoms with Gasteiger partial charge in [-0.25, -0.2) is 10.3 Å². The molecule has 1 aliphatic heterocycles. The van der Waals surface area contributed by atoms with Crippen molar-refractivity contribution in [2.45, 2.75) is 38.0 Å². The van der Waals surface area contributed by atoms with Crippen LogP contribution in [0.4, 0.5) is 4.79 Å². The van der Waals surface area contributed by atoms with Gasteiger partial charge in [0, 0.05) is 30.6 Å². The predicted octanol–water partition coefficient (Wildman–Crippen LogP) is 4.27. The summed E-state index contributed by atoms with van der Waals surface area (Å²) in [6.07, 6.45) is 0.181. The van der Waals surface area contributed by atoms with E-state index in [1.54, 1.807) is 29.7 Å². The number of amides is 3. The lowest BCUT2D eigenvalue weighted by molar-refractivity contribution is -0.130. The van der Waals surface area contributed by atoms with Crippen LogP contribution in [0, 0.1) is 0 Å². The van der Waals surface area contributed by atoms with Crippen LogP contribution in [-0.2, 0) is 16.1 Å². The van der Waals surface area contributed by atoms with E-state index in [4.69, 9.17) is 14.7 Å². The lowest BCUT2D eigenvalue weighted by atomic mass is 9.94. The third-order valence-electron chi connectivity index (χ3n) is 6.13. The second kappa shape index (κ2) is 12.5. The number of carbonyl (C=O) groups is 3. The number of piperidine rings is 1. The number of para-hydroxylation sites is 1. The molecular weight excluding hydrogens is 474 g/mol. The first-order chi connectivity index (χ1) is 18.0. The van der Waals surface area contributed by atoms with E-state index in [1.807, 2.05) is 60.7 Å². The number of hydroxylamine groups is 1. The van der Waals surface area contributed by atoms with Gasteiger partial charge in [-0.15, -0.1) is 0 Å². The Morgan fingerprint density at radius 3 is 2.22 bits per heavy atom. The van der Waals surface area contributed by atoms with Crippen molar-refractivity contribution in [1.29, 1.82) is 0 Å². The lowest BCUT2D eigenvalue weighted by Crippen LogP contribution is -2.53. The van der Waals surface area contributed by atoms with Crippen molar-refractivity contribution in [3.8, 4) is 11.5 Å². The maximum Gasteiger partial charge on any atom is 0.410 e. The number of hydrogen-bond donors (Lipinski definition) is 3. The first-order valence-corrected chi connectivity index (χ1v) is 12.1. The van der Waals surface area contributed by atoms with Gasteiger partial charge in [0.05, 0.1) is 0 Å². The van der Waals surface area contributed by atoms with E-state index in [0.29, 0.717) is 36.4 Å². The molecule has 4 rings (SSSR count). The van der Waals surface area contributed by atoms with E-state index in [1.165, 1.54) is 4.90 Å². The topological polar surface area (TPSA) is 117 Å². The summed E-state index contributed by atoms with van der Waals surface area (Å²) in [5.41, 5.74) is 2.93. The molecule has 0 aromatic heterocycles. The smallest absolute Gasteiger partial charge is 0.410 e. The molecule has 2 atom stereocenters. The molecule has 3 aromatic carbocycles. The molecule has 2 unspecified atom stereocenters.